The van der Waals surface area contributed by atoms with Crippen LogP contribution in [0.15, 0.2) is 12.7 Å². The average molecular weight is 152 g/mol. The van der Waals surface area contributed by atoms with Crippen LogP contribution in [0.2, 0.25) is 0 Å². The van der Waals surface area contributed by atoms with Gasteiger partial charge in [0.05, 0.1) is 6.61 Å². The van der Waals surface area contributed by atoms with Crippen molar-refractivity contribution in [1.82, 2.24) is 0 Å². The fourth-order valence-corrected chi connectivity index (χ4v) is 0.911. The Kier molecular flexibility index (Phi) is 5.47. The van der Waals surface area contributed by atoms with Gasteiger partial charge in [-0.25, -0.2) is 4.21 Å². The van der Waals surface area contributed by atoms with Gasteiger partial charge in [0.15, 0.2) is 0 Å². The number of rotatable bonds is 4. The van der Waals surface area contributed by atoms with Gasteiger partial charge in [-0.2, -0.15) is 0 Å². The van der Waals surface area contributed by atoms with Crippen molar-refractivity contribution in [2.24, 2.45) is 0 Å². The maximum Gasteiger partial charge on any atom is 0.219 e. The molecule has 0 saturated heterocycles. The molecular weight excluding hydrogens is 144 g/mol. The average Bonchev–Trinajstić information content (AvgIpc) is 1.83. The first-order chi connectivity index (χ1) is 3.81. The summed E-state index contributed by atoms with van der Waals surface area (Å²) >= 11 is 0. The van der Waals surface area contributed by atoms with Gasteiger partial charge in [-0.15, -0.1) is 6.58 Å². The van der Waals surface area contributed by atoms with Gasteiger partial charge in [0, 0.05) is 0 Å². The molecule has 0 aliphatic carbocycles. The van der Waals surface area contributed by atoms with Crippen LogP contribution in [0.5, 0.6) is 0 Å². The highest BCUT2D eigenvalue weighted by Gasteiger charge is 1.90. The zero-order valence-electron chi connectivity index (χ0n) is 4.62. The lowest BCUT2D eigenvalue weighted by molar-refractivity contribution is 0.405. The first kappa shape index (κ1) is 8.20. The molecular formula is C4H8O2S2. The van der Waals surface area contributed by atoms with E-state index in [1.54, 1.807) is 12.3 Å². The number of hydrogen-bond donors (Lipinski definition) is 0. The highest BCUT2D eigenvalue weighted by atomic mass is 33.1. The van der Waals surface area contributed by atoms with Crippen LogP contribution in [0.4, 0.5) is 0 Å². The largest absolute Gasteiger partial charge is 0.278 e. The van der Waals surface area contributed by atoms with Crippen LogP contribution in [0.1, 0.15) is 0 Å². The van der Waals surface area contributed by atoms with E-state index in [-0.39, 0.29) is 0 Å². The molecule has 2 nitrogen and oxygen atoms in total. The van der Waals surface area contributed by atoms with Crippen LogP contribution in [-0.2, 0) is 14.3 Å². The van der Waals surface area contributed by atoms with Gasteiger partial charge in [-0.3, -0.25) is 4.18 Å². The van der Waals surface area contributed by atoms with E-state index in [0.717, 1.165) is 0 Å². The summed E-state index contributed by atoms with van der Waals surface area (Å²) in [7, 11) is -0.0145. The summed E-state index contributed by atoms with van der Waals surface area (Å²) in [5.74, 6) is 0. The lowest BCUT2D eigenvalue weighted by Gasteiger charge is -1.92. The molecule has 0 aromatic carbocycles. The summed E-state index contributed by atoms with van der Waals surface area (Å²) in [5.41, 5.74) is 0. The van der Waals surface area contributed by atoms with Gasteiger partial charge < -0.3 is 0 Å². The molecule has 0 heterocycles. The van der Waals surface area contributed by atoms with E-state index in [4.69, 9.17) is 0 Å². The molecule has 0 spiro atoms. The van der Waals surface area contributed by atoms with E-state index in [9.17, 15) is 4.21 Å². The Morgan fingerprint density at radius 3 is 3.00 bits per heavy atom. The summed E-state index contributed by atoms with van der Waals surface area (Å²) in [6.07, 6.45) is 3.29. The molecule has 0 saturated carbocycles. The molecule has 0 fully saturated rings. The van der Waals surface area contributed by atoms with Crippen molar-refractivity contribution in [3.05, 3.63) is 12.7 Å². The zero-order chi connectivity index (χ0) is 6.41. The molecule has 0 aliphatic heterocycles. The Balaban J connectivity index is 3.11. The Labute approximate surface area is 55.4 Å². The van der Waals surface area contributed by atoms with Gasteiger partial charge in [-0.1, -0.05) is 6.08 Å². The van der Waals surface area contributed by atoms with E-state index in [2.05, 4.69) is 10.8 Å². The molecule has 48 valence electrons. The minimum atomic E-state index is -1.18. The third-order valence-corrected chi connectivity index (χ3v) is 2.12. The zero-order valence-corrected chi connectivity index (χ0v) is 6.26. The van der Waals surface area contributed by atoms with Gasteiger partial charge in [0.2, 0.25) is 10.1 Å². The van der Waals surface area contributed by atoms with Gasteiger partial charge in [0.25, 0.3) is 0 Å². The molecule has 8 heavy (non-hydrogen) atoms. The van der Waals surface area contributed by atoms with E-state index in [0.29, 0.717) is 6.61 Å². The van der Waals surface area contributed by atoms with E-state index < -0.39 is 10.1 Å². The molecule has 0 aliphatic rings. The second kappa shape index (κ2) is 5.34. The Bertz CT molecular complexity index is 92.0. The maximum absolute atomic E-state index is 10.4. The fraction of sp³-hybridized carbons (Fsp3) is 0.500. The first-order valence-corrected chi connectivity index (χ1v) is 4.83. The van der Waals surface area contributed by atoms with Crippen molar-refractivity contribution in [1.29, 1.82) is 0 Å². The standard InChI is InChI=1S/C4H8O2S2/c1-3-4-6-8(5)7-2/h3H,1,4H2,2H3. The fourth-order valence-electron chi connectivity index (χ4n) is 0.152. The lowest BCUT2D eigenvalue weighted by Crippen LogP contribution is -1.89. The first-order valence-electron chi connectivity index (χ1n) is 2.01. The highest BCUT2D eigenvalue weighted by Crippen LogP contribution is 2.01. The molecule has 0 N–H and O–H groups in total. The molecule has 4 heteroatoms. The molecule has 0 amide bonds. The number of hydrogen-bond acceptors (Lipinski definition) is 3. The van der Waals surface area contributed by atoms with Crippen LogP contribution < -0.4 is 0 Å². The minimum absolute atomic E-state index is 0.355. The quantitative estimate of drug-likeness (QED) is 0.446. The molecule has 0 bridgehead atoms. The second-order valence-corrected chi connectivity index (χ2v) is 3.74. The Morgan fingerprint density at radius 1 is 2.00 bits per heavy atom. The molecule has 0 rings (SSSR count). The van der Waals surface area contributed by atoms with Gasteiger partial charge in [0.1, 0.15) is 0 Å². The van der Waals surface area contributed by atoms with E-state index in [1.807, 2.05) is 0 Å². The monoisotopic (exact) mass is 152 g/mol. The SMILES string of the molecule is C=CCOS(=O)SC. The predicted molar refractivity (Wildman–Crippen MR) is 37.8 cm³/mol. The van der Waals surface area contributed by atoms with E-state index >= 15 is 0 Å². The molecule has 1 atom stereocenters. The van der Waals surface area contributed by atoms with E-state index in [1.165, 1.54) is 10.8 Å². The van der Waals surface area contributed by atoms with Crippen LogP contribution in [0.25, 0.3) is 0 Å². The topological polar surface area (TPSA) is 26.3 Å². The van der Waals surface area contributed by atoms with Crippen LogP contribution in [-0.4, -0.2) is 17.1 Å². The predicted octanol–water partition coefficient (Wildman–Crippen LogP) is 1.13. The Hall–Kier alpha value is 0.200. The summed E-state index contributed by atoms with van der Waals surface area (Å²) in [5, 5.41) is 0. The van der Waals surface area contributed by atoms with Gasteiger partial charge in [-0.05, 0) is 17.0 Å². The van der Waals surface area contributed by atoms with Crippen molar-refractivity contribution in [3.63, 3.8) is 0 Å². The Morgan fingerprint density at radius 2 is 2.62 bits per heavy atom. The second-order valence-electron chi connectivity index (χ2n) is 0.944. The molecule has 0 radical (unpaired) electrons. The van der Waals surface area contributed by atoms with Crippen molar-refractivity contribution < 1.29 is 8.39 Å². The molecule has 0 aromatic heterocycles. The third kappa shape index (κ3) is 4.36. The summed E-state index contributed by atoms with van der Waals surface area (Å²) in [6, 6.07) is 0. The van der Waals surface area contributed by atoms with Crippen molar-refractivity contribution in [3.8, 4) is 0 Å². The van der Waals surface area contributed by atoms with Crippen molar-refractivity contribution in [2.45, 2.75) is 0 Å². The van der Waals surface area contributed by atoms with Crippen molar-refractivity contribution in [2.75, 3.05) is 12.9 Å². The lowest BCUT2D eigenvalue weighted by atomic mass is 10.7. The molecule has 1 unspecified atom stereocenters. The summed E-state index contributed by atoms with van der Waals surface area (Å²) in [4.78, 5) is 0. The third-order valence-electron chi connectivity index (χ3n) is 0.418. The van der Waals surface area contributed by atoms with Crippen LogP contribution in [0.3, 0.4) is 0 Å². The van der Waals surface area contributed by atoms with Crippen molar-refractivity contribution >= 4 is 20.9 Å². The van der Waals surface area contributed by atoms with Crippen LogP contribution >= 0.6 is 10.8 Å². The molecule has 0 aromatic rings. The normalized spacial score (nSPS) is 13.1. The summed E-state index contributed by atoms with van der Waals surface area (Å²) < 4.78 is 15.0. The smallest absolute Gasteiger partial charge is 0.219 e. The maximum atomic E-state index is 10.4. The highest BCUT2D eigenvalue weighted by molar-refractivity contribution is 8.67. The van der Waals surface area contributed by atoms with Gasteiger partial charge >= 0.3 is 0 Å². The van der Waals surface area contributed by atoms with Crippen LogP contribution in [0, 0.1) is 0 Å². The summed E-state index contributed by atoms with van der Waals surface area (Å²) in [6.45, 7) is 3.75. The minimum Gasteiger partial charge on any atom is -0.278 e.